The van der Waals surface area contributed by atoms with Crippen LogP contribution in [0, 0.1) is 0 Å². The van der Waals surface area contributed by atoms with Gasteiger partial charge in [0.15, 0.2) is 0 Å². The van der Waals surface area contributed by atoms with Gasteiger partial charge in [-0.15, -0.1) is 11.3 Å². The summed E-state index contributed by atoms with van der Waals surface area (Å²) in [5, 5.41) is 0. The molecule has 1 unspecified atom stereocenters. The van der Waals surface area contributed by atoms with Gasteiger partial charge in [-0.1, -0.05) is 24.5 Å². The predicted octanol–water partition coefficient (Wildman–Crippen LogP) is 4.52. The van der Waals surface area contributed by atoms with E-state index in [-0.39, 0.29) is 6.04 Å². The lowest BCUT2D eigenvalue weighted by molar-refractivity contribution is 0.604. The van der Waals surface area contributed by atoms with E-state index in [0.717, 1.165) is 0 Å². The Morgan fingerprint density at radius 3 is 2.78 bits per heavy atom. The van der Waals surface area contributed by atoms with Gasteiger partial charge in [-0.3, -0.25) is 0 Å². The fraction of sp³-hybridized carbons (Fsp3) is 0.625. The molecule has 2 aliphatic rings. The Morgan fingerprint density at radius 2 is 1.89 bits per heavy atom. The first-order valence-electron chi connectivity index (χ1n) is 7.40. The summed E-state index contributed by atoms with van der Waals surface area (Å²) in [5.41, 5.74) is 9.57. The molecule has 1 atom stereocenters. The summed E-state index contributed by atoms with van der Waals surface area (Å²) in [5.74, 6) is 0. The minimum absolute atomic E-state index is 0.179. The number of hydrogen-bond donors (Lipinski definition) is 1. The van der Waals surface area contributed by atoms with Gasteiger partial charge in [0.25, 0.3) is 0 Å². The number of fused-ring (bicyclic) bond motifs is 1. The van der Waals surface area contributed by atoms with Crippen LogP contribution < -0.4 is 5.73 Å². The van der Waals surface area contributed by atoms with Gasteiger partial charge in [-0.25, -0.2) is 0 Å². The van der Waals surface area contributed by atoms with Crippen molar-refractivity contribution in [3.63, 3.8) is 0 Å². The first-order valence-corrected chi connectivity index (χ1v) is 8.22. The highest BCUT2D eigenvalue weighted by Gasteiger charge is 2.20. The van der Waals surface area contributed by atoms with E-state index in [0.29, 0.717) is 0 Å². The Kier molecular flexibility index (Phi) is 3.86. The fourth-order valence-electron chi connectivity index (χ4n) is 3.19. The van der Waals surface area contributed by atoms with Crippen LogP contribution >= 0.6 is 11.3 Å². The van der Waals surface area contributed by atoms with Crippen LogP contribution in [0.25, 0.3) is 0 Å². The molecule has 0 bridgehead atoms. The molecule has 0 fully saturated rings. The summed E-state index contributed by atoms with van der Waals surface area (Å²) in [6.07, 6.45) is 14.2. The monoisotopic (exact) mass is 261 g/mol. The molecule has 98 valence electrons. The summed E-state index contributed by atoms with van der Waals surface area (Å²) in [7, 11) is 0. The molecular formula is C16H23NS. The average molecular weight is 261 g/mol. The minimum atomic E-state index is 0.179. The maximum absolute atomic E-state index is 6.49. The maximum atomic E-state index is 6.49. The van der Waals surface area contributed by atoms with Gasteiger partial charge in [0.2, 0.25) is 0 Å². The zero-order valence-corrected chi connectivity index (χ0v) is 11.9. The molecule has 0 saturated heterocycles. The Morgan fingerprint density at radius 1 is 1.00 bits per heavy atom. The third-order valence-corrected chi connectivity index (χ3v) is 5.62. The number of hydrogen-bond acceptors (Lipinski definition) is 2. The molecule has 18 heavy (non-hydrogen) atoms. The molecular weight excluding hydrogens is 238 g/mol. The van der Waals surface area contributed by atoms with Crippen LogP contribution in [0.4, 0.5) is 0 Å². The maximum Gasteiger partial charge on any atom is 0.0605 e. The standard InChI is InChI=1S/C16H23NS/c17-16(12-7-4-2-1-3-5-8-12)15-11-13-9-6-10-14(13)18-15/h7,11,16H,1-6,8-10,17H2. The van der Waals surface area contributed by atoms with Gasteiger partial charge in [0.05, 0.1) is 6.04 Å². The van der Waals surface area contributed by atoms with E-state index in [1.807, 2.05) is 11.3 Å². The van der Waals surface area contributed by atoms with Crippen molar-refractivity contribution >= 4 is 11.3 Å². The van der Waals surface area contributed by atoms with Crippen molar-refractivity contribution in [2.45, 2.75) is 63.8 Å². The van der Waals surface area contributed by atoms with Gasteiger partial charge < -0.3 is 5.73 Å². The Hall–Kier alpha value is -0.600. The lowest BCUT2D eigenvalue weighted by atomic mass is 9.94. The number of allylic oxidation sites excluding steroid dienone is 1. The molecule has 0 amide bonds. The minimum Gasteiger partial charge on any atom is -0.320 e. The third kappa shape index (κ3) is 2.55. The Labute approximate surface area is 114 Å². The topological polar surface area (TPSA) is 26.0 Å². The zero-order valence-electron chi connectivity index (χ0n) is 11.1. The van der Waals surface area contributed by atoms with E-state index in [4.69, 9.17) is 5.73 Å². The highest BCUT2D eigenvalue weighted by Crippen LogP contribution is 2.36. The molecule has 2 heteroatoms. The van der Waals surface area contributed by atoms with Gasteiger partial charge in [-0.05, 0) is 56.6 Å². The second-order valence-corrected chi connectivity index (χ2v) is 6.83. The molecule has 1 nitrogen and oxygen atoms in total. The van der Waals surface area contributed by atoms with Crippen molar-refractivity contribution in [1.29, 1.82) is 0 Å². The van der Waals surface area contributed by atoms with E-state index in [1.54, 1.807) is 10.4 Å². The van der Waals surface area contributed by atoms with Crippen LogP contribution in [-0.4, -0.2) is 0 Å². The lowest BCUT2D eigenvalue weighted by Gasteiger charge is -2.17. The van der Waals surface area contributed by atoms with Crippen molar-refractivity contribution < 1.29 is 0 Å². The normalized spacial score (nSPS) is 21.9. The SMILES string of the molecule is NC(C1=CCCCCCC1)c1cc2c(s1)CCC2. The highest BCUT2D eigenvalue weighted by atomic mass is 32.1. The summed E-state index contributed by atoms with van der Waals surface area (Å²) in [6, 6.07) is 2.57. The molecule has 0 aliphatic heterocycles. The first-order chi connectivity index (χ1) is 8.84. The largest absolute Gasteiger partial charge is 0.320 e. The number of nitrogens with two attached hydrogens (primary N) is 1. The van der Waals surface area contributed by atoms with Crippen LogP contribution in [0.15, 0.2) is 17.7 Å². The molecule has 0 aromatic carbocycles. The molecule has 2 N–H and O–H groups in total. The quantitative estimate of drug-likeness (QED) is 0.778. The van der Waals surface area contributed by atoms with Crippen LogP contribution in [0.2, 0.25) is 0 Å². The Bertz CT molecular complexity index is 422. The van der Waals surface area contributed by atoms with Crippen LogP contribution in [-0.2, 0) is 12.8 Å². The lowest BCUT2D eigenvalue weighted by Crippen LogP contribution is -2.12. The van der Waals surface area contributed by atoms with Crippen molar-refractivity contribution in [2.24, 2.45) is 5.73 Å². The second-order valence-electron chi connectivity index (χ2n) is 5.66. The Balaban J connectivity index is 1.77. The molecule has 1 aromatic rings. The van der Waals surface area contributed by atoms with Gasteiger partial charge in [0.1, 0.15) is 0 Å². The van der Waals surface area contributed by atoms with Gasteiger partial charge >= 0.3 is 0 Å². The molecule has 0 saturated carbocycles. The summed E-state index contributed by atoms with van der Waals surface area (Å²) >= 11 is 1.97. The van der Waals surface area contributed by atoms with Crippen molar-refractivity contribution in [3.8, 4) is 0 Å². The number of thiophene rings is 1. The third-order valence-electron chi connectivity index (χ3n) is 4.30. The summed E-state index contributed by atoms with van der Waals surface area (Å²) < 4.78 is 0. The van der Waals surface area contributed by atoms with Crippen LogP contribution in [0.1, 0.15) is 66.3 Å². The molecule has 2 aliphatic carbocycles. The zero-order chi connectivity index (χ0) is 12.4. The highest BCUT2D eigenvalue weighted by molar-refractivity contribution is 7.12. The van der Waals surface area contributed by atoms with Crippen molar-refractivity contribution in [1.82, 2.24) is 0 Å². The van der Waals surface area contributed by atoms with Crippen LogP contribution in [0.3, 0.4) is 0 Å². The molecule has 0 spiro atoms. The van der Waals surface area contributed by atoms with Crippen molar-refractivity contribution in [2.75, 3.05) is 0 Å². The fourth-order valence-corrected chi connectivity index (χ4v) is 4.49. The smallest absolute Gasteiger partial charge is 0.0605 e. The summed E-state index contributed by atoms with van der Waals surface area (Å²) in [4.78, 5) is 3.01. The van der Waals surface area contributed by atoms with Crippen LogP contribution in [0.5, 0.6) is 0 Å². The van der Waals surface area contributed by atoms with E-state index in [1.165, 1.54) is 68.2 Å². The number of rotatable bonds is 2. The molecule has 3 rings (SSSR count). The summed E-state index contributed by atoms with van der Waals surface area (Å²) in [6.45, 7) is 0. The predicted molar refractivity (Wildman–Crippen MR) is 79.1 cm³/mol. The molecule has 1 heterocycles. The van der Waals surface area contributed by atoms with E-state index < -0.39 is 0 Å². The van der Waals surface area contributed by atoms with E-state index >= 15 is 0 Å². The molecule has 1 aromatic heterocycles. The second kappa shape index (κ2) is 5.58. The number of aryl methyl sites for hydroxylation is 2. The molecule has 0 radical (unpaired) electrons. The van der Waals surface area contributed by atoms with E-state index in [2.05, 4.69) is 12.1 Å². The van der Waals surface area contributed by atoms with Crippen molar-refractivity contribution in [3.05, 3.63) is 33.0 Å². The first kappa shape index (κ1) is 12.4. The average Bonchev–Trinajstić information content (AvgIpc) is 2.87. The van der Waals surface area contributed by atoms with Gasteiger partial charge in [-0.2, -0.15) is 0 Å². The van der Waals surface area contributed by atoms with Gasteiger partial charge in [0, 0.05) is 9.75 Å². The van der Waals surface area contributed by atoms with E-state index in [9.17, 15) is 0 Å².